The molecule has 0 N–H and O–H groups in total. The molecule has 1 aromatic rings. The second-order valence-corrected chi connectivity index (χ2v) is 5.61. The molecule has 0 bridgehead atoms. The highest BCUT2D eigenvalue weighted by Crippen LogP contribution is 2.42. The molecule has 1 aromatic carbocycles. The number of carbonyl (C=O) groups is 2. The molecule has 0 spiro atoms. The van der Waals surface area contributed by atoms with Crippen molar-refractivity contribution in [3.63, 3.8) is 0 Å². The molecule has 0 heterocycles. The van der Waals surface area contributed by atoms with E-state index in [2.05, 4.69) is 15.9 Å². The number of esters is 2. The molecule has 0 radical (unpaired) electrons. The Morgan fingerprint density at radius 3 is 2.25 bits per heavy atom. The summed E-state index contributed by atoms with van der Waals surface area (Å²) in [4.78, 5) is 24.7. The lowest BCUT2D eigenvalue weighted by Gasteiger charge is -2.24. The SMILES string of the molecule is CCOC(=O)C1(C(=O)OCC)Cc2cccc(Br)c2C1. The standard InChI is InChI=1S/C15H17BrO4/c1-3-19-13(17)15(14(18)20-4-2)8-10-6-5-7-12(16)11(10)9-15/h5-7H,3-4,8-9H2,1-2H3. The summed E-state index contributed by atoms with van der Waals surface area (Å²) in [5.74, 6) is -0.997. The fraction of sp³-hybridized carbons (Fsp3) is 0.467. The lowest BCUT2D eigenvalue weighted by Crippen LogP contribution is -2.43. The lowest BCUT2D eigenvalue weighted by molar-refractivity contribution is -0.171. The molecule has 0 unspecified atom stereocenters. The Bertz CT molecular complexity index is 521. The van der Waals surface area contributed by atoms with Crippen LogP contribution in [0.25, 0.3) is 0 Å². The summed E-state index contributed by atoms with van der Waals surface area (Å²) in [5.41, 5.74) is 0.729. The molecule has 5 heteroatoms. The van der Waals surface area contributed by atoms with E-state index in [9.17, 15) is 9.59 Å². The highest BCUT2D eigenvalue weighted by molar-refractivity contribution is 9.10. The smallest absolute Gasteiger partial charge is 0.324 e. The predicted octanol–water partition coefficient (Wildman–Crippen LogP) is 2.66. The molecular weight excluding hydrogens is 324 g/mol. The van der Waals surface area contributed by atoms with Gasteiger partial charge in [0.05, 0.1) is 13.2 Å². The molecule has 0 aliphatic heterocycles. The molecule has 0 atom stereocenters. The third-order valence-electron chi connectivity index (χ3n) is 3.52. The number of halogens is 1. The quantitative estimate of drug-likeness (QED) is 0.624. The van der Waals surface area contributed by atoms with Crippen molar-refractivity contribution < 1.29 is 19.1 Å². The zero-order valence-corrected chi connectivity index (χ0v) is 13.2. The van der Waals surface area contributed by atoms with Gasteiger partial charge in [-0.1, -0.05) is 28.1 Å². The second kappa shape index (κ2) is 5.95. The van der Waals surface area contributed by atoms with Gasteiger partial charge in [0.1, 0.15) is 0 Å². The second-order valence-electron chi connectivity index (χ2n) is 4.75. The molecule has 2 rings (SSSR count). The number of ether oxygens (including phenoxy) is 2. The van der Waals surface area contributed by atoms with Crippen LogP contribution in [-0.4, -0.2) is 25.2 Å². The number of hydrogen-bond acceptors (Lipinski definition) is 4. The van der Waals surface area contributed by atoms with Crippen LogP contribution in [0, 0.1) is 5.41 Å². The maximum atomic E-state index is 12.3. The zero-order valence-electron chi connectivity index (χ0n) is 11.6. The van der Waals surface area contributed by atoms with E-state index in [-0.39, 0.29) is 13.2 Å². The Morgan fingerprint density at radius 2 is 1.75 bits per heavy atom. The average molecular weight is 341 g/mol. The Hall–Kier alpha value is -1.36. The Kier molecular flexibility index (Phi) is 4.48. The minimum atomic E-state index is -1.24. The maximum Gasteiger partial charge on any atom is 0.324 e. The first kappa shape index (κ1) is 15.0. The number of rotatable bonds is 4. The van der Waals surface area contributed by atoms with E-state index < -0.39 is 17.4 Å². The summed E-state index contributed by atoms with van der Waals surface area (Å²) in [6.07, 6.45) is 0.654. The third-order valence-corrected chi connectivity index (χ3v) is 4.26. The molecule has 0 amide bonds. The highest BCUT2D eigenvalue weighted by atomic mass is 79.9. The van der Waals surface area contributed by atoms with Crippen molar-refractivity contribution >= 4 is 27.9 Å². The summed E-state index contributed by atoms with van der Waals surface area (Å²) >= 11 is 3.47. The van der Waals surface area contributed by atoms with Crippen LogP contribution in [-0.2, 0) is 31.9 Å². The van der Waals surface area contributed by atoms with Crippen LogP contribution < -0.4 is 0 Å². The Morgan fingerprint density at radius 1 is 1.15 bits per heavy atom. The third kappa shape index (κ3) is 2.46. The van der Waals surface area contributed by atoms with E-state index in [1.54, 1.807) is 13.8 Å². The van der Waals surface area contributed by atoms with Gasteiger partial charge in [-0.25, -0.2) is 0 Å². The van der Waals surface area contributed by atoms with Crippen molar-refractivity contribution in [3.8, 4) is 0 Å². The first-order valence-corrected chi connectivity index (χ1v) is 7.45. The van der Waals surface area contributed by atoms with Gasteiger partial charge in [0.25, 0.3) is 0 Å². The highest BCUT2D eigenvalue weighted by Gasteiger charge is 2.53. The zero-order chi connectivity index (χ0) is 14.8. The number of fused-ring (bicyclic) bond motifs is 1. The lowest BCUT2D eigenvalue weighted by atomic mass is 9.85. The molecule has 20 heavy (non-hydrogen) atoms. The van der Waals surface area contributed by atoms with Crippen molar-refractivity contribution in [2.45, 2.75) is 26.7 Å². The maximum absolute atomic E-state index is 12.3. The van der Waals surface area contributed by atoms with Crippen LogP contribution in [0.3, 0.4) is 0 Å². The predicted molar refractivity (Wildman–Crippen MR) is 77.2 cm³/mol. The van der Waals surface area contributed by atoms with Gasteiger partial charge in [0, 0.05) is 10.9 Å². The van der Waals surface area contributed by atoms with E-state index in [1.807, 2.05) is 18.2 Å². The molecule has 0 aromatic heterocycles. The topological polar surface area (TPSA) is 52.6 Å². The molecule has 1 aliphatic carbocycles. The summed E-state index contributed by atoms with van der Waals surface area (Å²) < 4.78 is 11.1. The van der Waals surface area contributed by atoms with Crippen molar-refractivity contribution in [2.75, 3.05) is 13.2 Å². The molecular formula is C15H17BrO4. The van der Waals surface area contributed by atoms with Gasteiger partial charge in [0.15, 0.2) is 5.41 Å². The van der Waals surface area contributed by atoms with Gasteiger partial charge in [-0.2, -0.15) is 0 Å². The summed E-state index contributed by atoms with van der Waals surface area (Å²) in [5, 5.41) is 0. The normalized spacial score (nSPS) is 15.6. The molecule has 0 fully saturated rings. The molecule has 108 valence electrons. The fourth-order valence-electron chi connectivity index (χ4n) is 2.57. The van der Waals surface area contributed by atoms with Gasteiger partial charge >= 0.3 is 11.9 Å². The monoisotopic (exact) mass is 340 g/mol. The van der Waals surface area contributed by atoms with Crippen LogP contribution in [0.4, 0.5) is 0 Å². The van der Waals surface area contributed by atoms with Gasteiger partial charge in [-0.3, -0.25) is 9.59 Å². The van der Waals surface area contributed by atoms with Crippen molar-refractivity contribution in [3.05, 3.63) is 33.8 Å². The van der Waals surface area contributed by atoms with Gasteiger partial charge in [0.2, 0.25) is 0 Å². The van der Waals surface area contributed by atoms with Gasteiger partial charge < -0.3 is 9.47 Å². The largest absolute Gasteiger partial charge is 0.465 e. The minimum Gasteiger partial charge on any atom is -0.465 e. The van der Waals surface area contributed by atoms with E-state index in [1.165, 1.54) is 0 Å². The van der Waals surface area contributed by atoms with Crippen LogP contribution in [0.1, 0.15) is 25.0 Å². The van der Waals surface area contributed by atoms with Crippen molar-refractivity contribution in [1.82, 2.24) is 0 Å². The van der Waals surface area contributed by atoms with Crippen molar-refractivity contribution in [2.24, 2.45) is 5.41 Å². The average Bonchev–Trinajstić information content (AvgIpc) is 2.82. The summed E-state index contributed by atoms with van der Waals surface area (Å²) in [6, 6.07) is 5.74. The van der Waals surface area contributed by atoms with Crippen molar-refractivity contribution in [1.29, 1.82) is 0 Å². The van der Waals surface area contributed by atoms with Gasteiger partial charge in [-0.15, -0.1) is 0 Å². The van der Waals surface area contributed by atoms with E-state index in [4.69, 9.17) is 9.47 Å². The van der Waals surface area contributed by atoms with E-state index in [0.717, 1.165) is 15.6 Å². The summed E-state index contributed by atoms with van der Waals surface area (Å²) in [7, 11) is 0. The Balaban J connectivity index is 2.40. The first-order valence-electron chi connectivity index (χ1n) is 6.66. The first-order chi connectivity index (χ1) is 9.55. The fourth-order valence-corrected chi connectivity index (χ4v) is 3.11. The van der Waals surface area contributed by atoms with Crippen LogP contribution in [0.5, 0.6) is 0 Å². The Labute approximate surface area is 126 Å². The molecule has 1 aliphatic rings. The molecule has 0 saturated heterocycles. The number of hydrogen-bond donors (Lipinski definition) is 0. The van der Waals surface area contributed by atoms with E-state index in [0.29, 0.717) is 12.8 Å². The van der Waals surface area contributed by atoms with E-state index >= 15 is 0 Å². The minimum absolute atomic E-state index is 0.248. The molecule has 0 saturated carbocycles. The van der Waals surface area contributed by atoms with Crippen LogP contribution >= 0.6 is 15.9 Å². The number of carbonyl (C=O) groups excluding carboxylic acids is 2. The number of benzene rings is 1. The summed E-state index contributed by atoms with van der Waals surface area (Å²) in [6.45, 7) is 3.96. The van der Waals surface area contributed by atoms with Crippen LogP contribution in [0.2, 0.25) is 0 Å². The van der Waals surface area contributed by atoms with Gasteiger partial charge in [-0.05, 0) is 37.5 Å². The van der Waals surface area contributed by atoms with Crippen LogP contribution in [0.15, 0.2) is 22.7 Å². The molecule has 4 nitrogen and oxygen atoms in total.